The van der Waals surface area contributed by atoms with Gasteiger partial charge < -0.3 is 5.01 Å². The molecule has 0 atom stereocenters. The summed E-state index contributed by atoms with van der Waals surface area (Å²) in [6, 6.07) is 6.39. The van der Waals surface area contributed by atoms with Gasteiger partial charge >= 0.3 is 0 Å². The van der Waals surface area contributed by atoms with Crippen LogP contribution >= 0.6 is 11.8 Å². The molecule has 1 aromatic rings. The van der Waals surface area contributed by atoms with Gasteiger partial charge in [0.25, 0.3) is 0 Å². The van der Waals surface area contributed by atoms with Crippen LogP contribution in [-0.4, -0.2) is 18.6 Å². The standard InChI is InChI=1S/C12H20N2S/c1-4-15-8-7-11-9-12(14(3)13)6-5-10(11)2/h5-6,9H,4,7-8,13H2,1-3H3. The first kappa shape index (κ1) is 12.4. The van der Waals surface area contributed by atoms with Crippen LogP contribution in [-0.2, 0) is 6.42 Å². The quantitative estimate of drug-likeness (QED) is 0.473. The van der Waals surface area contributed by atoms with E-state index in [4.69, 9.17) is 5.84 Å². The van der Waals surface area contributed by atoms with Crippen molar-refractivity contribution in [1.29, 1.82) is 0 Å². The van der Waals surface area contributed by atoms with E-state index in [1.54, 1.807) is 5.01 Å². The highest BCUT2D eigenvalue weighted by Gasteiger charge is 2.02. The molecule has 0 aliphatic carbocycles. The molecule has 0 amide bonds. The van der Waals surface area contributed by atoms with Crippen molar-refractivity contribution in [1.82, 2.24) is 0 Å². The molecule has 0 aliphatic rings. The van der Waals surface area contributed by atoms with Crippen LogP contribution in [0.25, 0.3) is 0 Å². The number of hydrogen-bond acceptors (Lipinski definition) is 3. The van der Waals surface area contributed by atoms with Crippen LogP contribution in [0.15, 0.2) is 18.2 Å². The Bertz CT molecular complexity index is 310. The van der Waals surface area contributed by atoms with E-state index < -0.39 is 0 Å². The molecule has 1 aromatic carbocycles. The normalized spacial score (nSPS) is 10.4. The Kier molecular flexibility index (Phi) is 4.99. The van der Waals surface area contributed by atoms with Gasteiger partial charge in [0.15, 0.2) is 0 Å². The van der Waals surface area contributed by atoms with E-state index in [2.05, 4.69) is 32.0 Å². The van der Waals surface area contributed by atoms with E-state index in [0.29, 0.717) is 0 Å². The van der Waals surface area contributed by atoms with Gasteiger partial charge in [-0.1, -0.05) is 13.0 Å². The van der Waals surface area contributed by atoms with Crippen molar-refractivity contribution in [2.24, 2.45) is 5.84 Å². The number of rotatable bonds is 5. The Morgan fingerprint density at radius 3 is 2.73 bits per heavy atom. The van der Waals surface area contributed by atoms with Crippen molar-refractivity contribution < 1.29 is 0 Å². The zero-order valence-corrected chi connectivity index (χ0v) is 10.6. The summed E-state index contributed by atoms with van der Waals surface area (Å²) in [6.07, 6.45) is 1.13. The molecule has 0 heterocycles. The van der Waals surface area contributed by atoms with E-state index in [9.17, 15) is 0 Å². The second-order valence-electron chi connectivity index (χ2n) is 3.67. The Morgan fingerprint density at radius 1 is 1.40 bits per heavy atom. The summed E-state index contributed by atoms with van der Waals surface area (Å²) in [5.74, 6) is 8.10. The molecule has 1 rings (SSSR count). The van der Waals surface area contributed by atoms with E-state index in [-0.39, 0.29) is 0 Å². The minimum Gasteiger partial charge on any atom is -0.314 e. The lowest BCUT2D eigenvalue weighted by Crippen LogP contribution is -2.25. The topological polar surface area (TPSA) is 29.3 Å². The summed E-state index contributed by atoms with van der Waals surface area (Å²) in [7, 11) is 1.87. The van der Waals surface area contributed by atoms with Crippen LogP contribution in [0.3, 0.4) is 0 Å². The van der Waals surface area contributed by atoms with E-state index in [1.807, 2.05) is 18.8 Å². The average Bonchev–Trinajstić information content (AvgIpc) is 2.20. The van der Waals surface area contributed by atoms with Gasteiger partial charge in [0, 0.05) is 7.05 Å². The zero-order chi connectivity index (χ0) is 11.3. The lowest BCUT2D eigenvalue weighted by Gasteiger charge is -2.14. The van der Waals surface area contributed by atoms with Gasteiger partial charge in [0.2, 0.25) is 0 Å². The van der Waals surface area contributed by atoms with Gasteiger partial charge in [0.1, 0.15) is 0 Å². The van der Waals surface area contributed by atoms with Crippen molar-refractivity contribution in [2.75, 3.05) is 23.6 Å². The van der Waals surface area contributed by atoms with Crippen LogP contribution in [0.5, 0.6) is 0 Å². The highest BCUT2D eigenvalue weighted by molar-refractivity contribution is 7.99. The predicted octanol–water partition coefficient (Wildman–Crippen LogP) is 2.60. The minimum absolute atomic E-state index is 1.08. The van der Waals surface area contributed by atoms with Crippen molar-refractivity contribution >= 4 is 17.4 Å². The number of nitrogens with two attached hydrogens (primary N) is 1. The van der Waals surface area contributed by atoms with E-state index >= 15 is 0 Å². The van der Waals surface area contributed by atoms with Crippen LogP contribution in [0.4, 0.5) is 5.69 Å². The van der Waals surface area contributed by atoms with Gasteiger partial charge in [-0.3, -0.25) is 0 Å². The molecule has 0 saturated carbocycles. The second kappa shape index (κ2) is 6.03. The van der Waals surface area contributed by atoms with Gasteiger partial charge in [-0.25, -0.2) is 5.84 Å². The largest absolute Gasteiger partial charge is 0.314 e. The first-order chi connectivity index (χ1) is 7.15. The van der Waals surface area contributed by atoms with Gasteiger partial charge in [-0.2, -0.15) is 11.8 Å². The third-order valence-corrected chi connectivity index (χ3v) is 3.36. The zero-order valence-electron chi connectivity index (χ0n) is 9.79. The molecule has 84 valence electrons. The first-order valence-corrected chi connectivity index (χ1v) is 6.46. The molecule has 0 fully saturated rings. The van der Waals surface area contributed by atoms with Crippen molar-refractivity contribution in [3.05, 3.63) is 29.3 Å². The fourth-order valence-electron chi connectivity index (χ4n) is 1.47. The molecular formula is C12H20N2S. The maximum atomic E-state index is 5.72. The van der Waals surface area contributed by atoms with Crippen LogP contribution in [0, 0.1) is 6.92 Å². The maximum Gasteiger partial charge on any atom is 0.0516 e. The molecule has 2 N–H and O–H groups in total. The average molecular weight is 224 g/mol. The number of benzene rings is 1. The summed E-state index contributed by atoms with van der Waals surface area (Å²) in [5, 5.41) is 1.66. The fraction of sp³-hybridized carbons (Fsp3) is 0.500. The Balaban J connectivity index is 2.72. The van der Waals surface area contributed by atoms with E-state index in [1.165, 1.54) is 22.6 Å². The molecule has 2 nitrogen and oxygen atoms in total. The fourth-order valence-corrected chi connectivity index (χ4v) is 2.13. The summed E-state index contributed by atoms with van der Waals surface area (Å²) in [6.45, 7) is 4.36. The number of hydrazine groups is 1. The van der Waals surface area contributed by atoms with Crippen LogP contribution in [0.1, 0.15) is 18.1 Å². The lowest BCUT2D eigenvalue weighted by atomic mass is 10.1. The Morgan fingerprint density at radius 2 is 2.13 bits per heavy atom. The molecule has 0 saturated heterocycles. The van der Waals surface area contributed by atoms with Crippen molar-refractivity contribution in [3.63, 3.8) is 0 Å². The highest BCUT2D eigenvalue weighted by Crippen LogP contribution is 2.18. The molecule has 0 unspecified atom stereocenters. The molecular weight excluding hydrogens is 204 g/mol. The molecule has 3 heteroatoms. The third kappa shape index (κ3) is 3.76. The molecule has 0 aliphatic heterocycles. The van der Waals surface area contributed by atoms with Crippen LogP contribution in [0.2, 0.25) is 0 Å². The second-order valence-corrected chi connectivity index (χ2v) is 5.06. The highest BCUT2D eigenvalue weighted by atomic mass is 32.2. The van der Waals surface area contributed by atoms with Gasteiger partial charge in [-0.15, -0.1) is 0 Å². The molecule has 0 radical (unpaired) electrons. The minimum atomic E-state index is 1.08. The SMILES string of the molecule is CCSCCc1cc(N(C)N)ccc1C. The number of thioether (sulfide) groups is 1. The Hall–Kier alpha value is -0.670. The van der Waals surface area contributed by atoms with Crippen molar-refractivity contribution in [3.8, 4) is 0 Å². The van der Waals surface area contributed by atoms with E-state index in [0.717, 1.165) is 12.1 Å². The third-order valence-electron chi connectivity index (χ3n) is 2.46. The van der Waals surface area contributed by atoms with Gasteiger partial charge in [-0.05, 0) is 48.1 Å². The van der Waals surface area contributed by atoms with Crippen molar-refractivity contribution in [2.45, 2.75) is 20.3 Å². The summed E-state index contributed by atoms with van der Waals surface area (Å²) in [4.78, 5) is 0. The summed E-state index contributed by atoms with van der Waals surface area (Å²) in [5.41, 5.74) is 3.85. The van der Waals surface area contributed by atoms with Gasteiger partial charge in [0.05, 0.1) is 5.69 Å². The molecule has 0 spiro atoms. The summed E-state index contributed by atoms with van der Waals surface area (Å²) < 4.78 is 0. The molecule has 0 aromatic heterocycles. The molecule has 15 heavy (non-hydrogen) atoms. The molecule has 0 bridgehead atoms. The first-order valence-electron chi connectivity index (χ1n) is 5.31. The number of aryl methyl sites for hydroxylation is 2. The smallest absolute Gasteiger partial charge is 0.0516 e. The summed E-state index contributed by atoms with van der Waals surface area (Å²) >= 11 is 1.98. The van der Waals surface area contributed by atoms with Crippen LogP contribution < -0.4 is 10.9 Å². The Labute approximate surface area is 96.8 Å². The predicted molar refractivity (Wildman–Crippen MR) is 70.5 cm³/mol. The number of nitrogens with zero attached hydrogens (tertiary/aromatic N) is 1. The maximum absolute atomic E-state index is 5.72. The number of anilines is 1. The number of hydrogen-bond donors (Lipinski definition) is 1. The lowest BCUT2D eigenvalue weighted by molar-refractivity contribution is 1.01. The monoisotopic (exact) mass is 224 g/mol.